The molecular formula is C7H10O3. The van der Waals surface area contributed by atoms with Crippen molar-refractivity contribution in [1.82, 2.24) is 0 Å². The van der Waals surface area contributed by atoms with Crippen LogP contribution in [0.3, 0.4) is 0 Å². The molecule has 0 aromatic heterocycles. The molecule has 0 aromatic carbocycles. The second-order valence-electron chi connectivity index (χ2n) is 2.36. The summed E-state index contributed by atoms with van der Waals surface area (Å²) in [5.74, 6) is -0.351. The second-order valence-corrected chi connectivity index (χ2v) is 2.36. The van der Waals surface area contributed by atoms with Crippen LogP contribution in [0.25, 0.3) is 0 Å². The number of ether oxygens (including phenoxy) is 2. The highest BCUT2D eigenvalue weighted by molar-refractivity contribution is 5.86. The Morgan fingerprint density at radius 3 is 2.30 bits per heavy atom. The summed E-state index contributed by atoms with van der Waals surface area (Å²) in [6.45, 7) is 7.01. The summed E-state index contributed by atoms with van der Waals surface area (Å²) < 4.78 is 9.89. The van der Waals surface area contributed by atoms with E-state index in [0.717, 1.165) is 0 Å². The fraction of sp³-hybridized carbons (Fsp3) is 0.571. The van der Waals surface area contributed by atoms with Crippen LogP contribution in [0.5, 0.6) is 0 Å². The van der Waals surface area contributed by atoms with E-state index in [1.165, 1.54) is 0 Å². The van der Waals surface area contributed by atoms with Crippen molar-refractivity contribution in [3.05, 3.63) is 12.3 Å². The third-order valence-electron chi connectivity index (χ3n) is 1.51. The van der Waals surface area contributed by atoms with Crippen molar-refractivity contribution >= 4 is 5.97 Å². The van der Waals surface area contributed by atoms with Gasteiger partial charge in [-0.1, -0.05) is 0 Å². The second kappa shape index (κ2) is 2.33. The Labute approximate surface area is 59.6 Å². The number of hydrogen-bond donors (Lipinski definition) is 0. The van der Waals surface area contributed by atoms with Crippen molar-refractivity contribution in [3.8, 4) is 0 Å². The monoisotopic (exact) mass is 142 g/mol. The van der Waals surface area contributed by atoms with Crippen LogP contribution in [0.2, 0.25) is 0 Å². The van der Waals surface area contributed by atoms with Crippen molar-refractivity contribution in [2.75, 3.05) is 0 Å². The first-order chi connectivity index (χ1) is 4.61. The van der Waals surface area contributed by atoms with Gasteiger partial charge in [0.2, 0.25) is 0 Å². The number of carbonyl (C=O) groups excluding carboxylic acids is 1. The number of cyclic esters (lactones) is 1. The van der Waals surface area contributed by atoms with E-state index >= 15 is 0 Å². The maximum Gasteiger partial charge on any atom is 0.373 e. The third kappa shape index (κ3) is 1.12. The lowest BCUT2D eigenvalue weighted by molar-refractivity contribution is -0.165. The lowest BCUT2D eigenvalue weighted by Gasteiger charge is -2.27. The Morgan fingerprint density at radius 2 is 1.80 bits per heavy atom. The number of carbonyl (C=O) groups is 1. The molecule has 1 aliphatic rings. The van der Waals surface area contributed by atoms with Crippen LogP contribution in [0.15, 0.2) is 12.3 Å². The molecule has 10 heavy (non-hydrogen) atoms. The third-order valence-corrected chi connectivity index (χ3v) is 1.51. The standard InChI is InChI=1S/C7H10O3/c1-4-5(2)10-7(8)6(3)9-4/h4-5H,3H2,1-2H3. The van der Waals surface area contributed by atoms with E-state index in [0.29, 0.717) is 0 Å². The number of rotatable bonds is 0. The molecule has 3 heteroatoms. The minimum Gasteiger partial charge on any atom is -0.480 e. The van der Waals surface area contributed by atoms with E-state index in [2.05, 4.69) is 6.58 Å². The zero-order valence-corrected chi connectivity index (χ0v) is 6.09. The van der Waals surface area contributed by atoms with Crippen molar-refractivity contribution in [2.24, 2.45) is 0 Å². The average Bonchev–Trinajstić information content (AvgIpc) is 1.84. The van der Waals surface area contributed by atoms with E-state index in [1.807, 2.05) is 6.92 Å². The highest BCUT2D eigenvalue weighted by Crippen LogP contribution is 2.15. The van der Waals surface area contributed by atoms with Crippen molar-refractivity contribution < 1.29 is 14.3 Å². The maximum absolute atomic E-state index is 10.7. The van der Waals surface area contributed by atoms with Crippen LogP contribution in [-0.2, 0) is 14.3 Å². The van der Waals surface area contributed by atoms with Crippen LogP contribution < -0.4 is 0 Å². The zero-order valence-electron chi connectivity index (χ0n) is 6.09. The van der Waals surface area contributed by atoms with Gasteiger partial charge in [-0.15, -0.1) is 0 Å². The van der Waals surface area contributed by atoms with Gasteiger partial charge in [-0.05, 0) is 20.4 Å². The van der Waals surface area contributed by atoms with Crippen molar-refractivity contribution in [2.45, 2.75) is 26.1 Å². The Hall–Kier alpha value is -0.990. The topological polar surface area (TPSA) is 35.5 Å². The van der Waals surface area contributed by atoms with Crippen LogP contribution in [-0.4, -0.2) is 18.2 Å². The zero-order chi connectivity index (χ0) is 7.72. The fourth-order valence-electron chi connectivity index (χ4n) is 0.699. The van der Waals surface area contributed by atoms with Gasteiger partial charge >= 0.3 is 5.97 Å². The molecular weight excluding hydrogens is 132 g/mol. The fourth-order valence-corrected chi connectivity index (χ4v) is 0.699. The molecule has 0 bridgehead atoms. The summed E-state index contributed by atoms with van der Waals surface area (Å²) in [7, 11) is 0. The molecule has 1 saturated heterocycles. The molecule has 1 heterocycles. The van der Waals surface area contributed by atoms with Crippen molar-refractivity contribution in [1.29, 1.82) is 0 Å². The molecule has 0 saturated carbocycles. The molecule has 56 valence electrons. The summed E-state index contributed by atoms with van der Waals surface area (Å²) >= 11 is 0. The van der Waals surface area contributed by atoms with E-state index in [-0.39, 0.29) is 18.0 Å². The molecule has 2 atom stereocenters. The van der Waals surface area contributed by atoms with Crippen LogP contribution in [0.1, 0.15) is 13.8 Å². The van der Waals surface area contributed by atoms with Gasteiger partial charge in [0, 0.05) is 0 Å². The molecule has 2 unspecified atom stereocenters. The minimum atomic E-state index is -0.453. The predicted octanol–water partition coefficient (Wildman–Crippen LogP) is 0.850. The van der Waals surface area contributed by atoms with Gasteiger partial charge in [-0.3, -0.25) is 0 Å². The van der Waals surface area contributed by atoms with Crippen LogP contribution in [0, 0.1) is 0 Å². The highest BCUT2D eigenvalue weighted by atomic mass is 16.6. The van der Waals surface area contributed by atoms with Gasteiger partial charge in [0.15, 0.2) is 5.76 Å². The summed E-state index contributed by atoms with van der Waals surface area (Å²) in [6.07, 6.45) is -0.247. The summed E-state index contributed by atoms with van der Waals surface area (Å²) in [4.78, 5) is 10.7. The summed E-state index contributed by atoms with van der Waals surface area (Å²) in [5.41, 5.74) is 0. The lowest BCUT2D eigenvalue weighted by atomic mass is 10.2. The predicted molar refractivity (Wildman–Crippen MR) is 35.2 cm³/mol. The number of hydrogen-bond acceptors (Lipinski definition) is 3. The molecule has 1 aliphatic heterocycles. The smallest absolute Gasteiger partial charge is 0.373 e. The van der Waals surface area contributed by atoms with Crippen molar-refractivity contribution in [3.63, 3.8) is 0 Å². The Balaban J connectivity index is 2.63. The van der Waals surface area contributed by atoms with Crippen LogP contribution in [0.4, 0.5) is 0 Å². The summed E-state index contributed by atoms with van der Waals surface area (Å²) in [5, 5.41) is 0. The normalized spacial score (nSPS) is 33.0. The van der Waals surface area contributed by atoms with E-state index < -0.39 is 5.97 Å². The largest absolute Gasteiger partial charge is 0.480 e. The molecule has 0 radical (unpaired) electrons. The summed E-state index contributed by atoms with van der Waals surface area (Å²) in [6, 6.07) is 0. The van der Waals surface area contributed by atoms with E-state index in [1.54, 1.807) is 6.92 Å². The molecule has 0 amide bonds. The molecule has 1 rings (SSSR count). The van der Waals surface area contributed by atoms with Gasteiger partial charge in [-0.25, -0.2) is 4.79 Å². The van der Waals surface area contributed by atoms with Gasteiger partial charge < -0.3 is 9.47 Å². The first-order valence-corrected chi connectivity index (χ1v) is 3.18. The van der Waals surface area contributed by atoms with Gasteiger partial charge in [-0.2, -0.15) is 0 Å². The molecule has 0 aliphatic carbocycles. The van der Waals surface area contributed by atoms with Gasteiger partial charge in [0.1, 0.15) is 12.2 Å². The Kier molecular flexibility index (Phi) is 1.66. The molecule has 0 aromatic rings. The molecule has 3 nitrogen and oxygen atoms in total. The lowest BCUT2D eigenvalue weighted by Crippen LogP contribution is -2.35. The Bertz CT molecular complexity index is 154. The molecule has 1 fully saturated rings. The van der Waals surface area contributed by atoms with E-state index in [9.17, 15) is 4.79 Å². The highest BCUT2D eigenvalue weighted by Gasteiger charge is 2.27. The Morgan fingerprint density at radius 1 is 1.30 bits per heavy atom. The number of esters is 1. The SMILES string of the molecule is C=C1OC(C)C(C)OC1=O. The molecule has 0 spiro atoms. The minimum absolute atomic E-state index is 0.0785. The first kappa shape index (κ1) is 7.12. The average molecular weight is 142 g/mol. The quantitative estimate of drug-likeness (QED) is 0.371. The molecule has 0 N–H and O–H groups in total. The van der Waals surface area contributed by atoms with Crippen LogP contribution >= 0.6 is 0 Å². The van der Waals surface area contributed by atoms with E-state index in [4.69, 9.17) is 9.47 Å². The maximum atomic E-state index is 10.7. The van der Waals surface area contributed by atoms with Gasteiger partial charge in [0.05, 0.1) is 0 Å². The van der Waals surface area contributed by atoms with Gasteiger partial charge in [0.25, 0.3) is 0 Å². The first-order valence-electron chi connectivity index (χ1n) is 3.18.